The molecule has 4 unspecified atom stereocenters. The molecule has 38 heavy (non-hydrogen) atoms. The maximum atomic E-state index is 13.2. The number of aliphatic carboxylic acids is 1. The van der Waals surface area contributed by atoms with Gasteiger partial charge in [-0.3, -0.25) is 19.4 Å². The Hall–Kier alpha value is -3.68. The number of carboxylic acids is 1. The van der Waals surface area contributed by atoms with Gasteiger partial charge in [0.05, 0.1) is 12.4 Å². The van der Waals surface area contributed by atoms with Gasteiger partial charge in [-0.25, -0.2) is 9.78 Å². The molecular formula is C24H43N9O5. The largest absolute Gasteiger partial charge is 0.480 e. The smallest absolute Gasteiger partial charge is 0.326 e. The van der Waals surface area contributed by atoms with Crippen LogP contribution < -0.4 is 33.2 Å². The highest BCUT2D eigenvalue weighted by atomic mass is 16.4. The maximum Gasteiger partial charge on any atom is 0.326 e. The molecule has 14 nitrogen and oxygen atoms in total. The van der Waals surface area contributed by atoms with Gasteiger partial charge < -0.3 is 43.2 Å². The maximum absolute atomic E-state index is 13.2. The summed E-state index contributed by atoms with van der Waals surface area (Å²) >= 11 is 0. The molecule has 0 saturated carbocycles. The van der Waals surface area contributed by atoms with Crippen molar-refractivity contribution in [2.75, 3.05) is 6.54 Å². The van der Waals surface area contributed by atoms with E-state index in [4.69, 9.17) is 17.2 Å². The van der Waals surface area contributed by atoms with E-state index in [0.29, 0.717) is 18.5 Å². The molecule has 0 aliphatic carbocycles. The Balaban J connectivity index is 2.91. The van der Waals surface area contributed by atoms with E-state index in [1.165, 1.54) is 6.33 Å². The fraction of sp³-hybridized carbons (Fsp3) is 0.667. The summed E-state index contributed by atoms with van der Waals surface area (Å²) in [5.41, 5.74) is 17.3. The van der Waals surface area contributed by atoms with Crippen molar-refractivity contribution in [2.45, 2.75) is 84.0 Å². The zero-order chi connectivity index (χ0) is 28.8. The van der Waals surface area contributed by atoms with Gasteiger partial charge in [0.2, 0.25) is 17.7 Å². The van der Waals surface area contributed by atoms with Gasteiger partial charge in [0.1, 0.15) is 18.1 Å². The molecule has 1 heterocycles. The molecule has 0 aliphatic rings. The summed E-state index contributed by atoms with van der Waals surface area (Å²) in [5, 5.41) is 17.4. The van der Waals surface area contributed by atoms with Crippen LogP contribution in [0.3, 0.4) is 0 Å². The molecule has 0 saturated heterocycles. The highest BCUT2D eigenvalue weighted by molar-refractivity contribution is 5.94. The molecule has 0 fully saturated rings. The molecule has 1 aromatic rings. The summed E-state index contributed by atoms with van der Waals surface area (Å²) < 4.78 is 0. The van der Waals surface area contributed by atoms with Crippen molar-refractivity contribution in [3.8, 4) is 0 Å². The number of amides is 3. The van der Waals surface area contributed by atoms with Gasteiger partial charge in [-0.2, -0.15) is 0 Å². The van der Waals surface area contributed by atoms with Crippen molar-refractivity contribution < 1.29 is 24.3 Å². The molecule has 11 N–H and O–H groups in total. The van der Waals surface area contributed by atoms with Crippen LogP contribution in [0.15, 0.2) is 17.5 Å². The molecule has 0 spiro atoms. The second kappa shape index (κ2) is 16.2. The third-order valence-corrected chi connectivity index (χ3v) is 5.57. The van der Waals surface area contributed by atoms with Crippen LogP contribution in [-0.4, -0.2) is 75.4 Å². The summed E-state index contributed by atoms with van der Waals surface area (Å²) in [7, 11) is 0. The first-order valence-electron chi connectivity index (χ1n) is 12.7. The lowest BCUT2D eigenvalue weighted by atomic mass is 9.99. The third-order valence-electron chi connectivity index (χ3n) is 5.57. The van der Waals surface area contributed by atoms with Crippen LogP contribution in [0.25, 0.3) is 0 Å². The van der Waals surface area contributed by atoms with E-state index in [0.717, 1.165) is 0 Å². The van der Waals surface area contributed by atoms with Crippen molar-refractivity contribution >= 4 is 29.7 Å². The Morgan fingerprint density at radius 3 is 1.92 bits per heavy atom. The Labute approximate surface area is 223 Å². The first-order valence-corrected chi connectivity index (χ1v) is 12.7. The highest BCUT2D eigenvalue weighted by Gasteiger charge is 2.31. The first-order chi connectivity index (χ1) is 17.8. The Morgan fingerprint density at radius 1 is 0.947 bits per heavy atom. The van der Waals surface area contributed by atoms with Gasteiger partial charge in [-0.15, -0.1) is 0 Å². The summed E-state index contributed by atoms with van der Waals surface area (Å²) in [6, 6.07) is -4.04. The number of hydrogen-bond acceptors (Lipinski definition) is 7. The van der Waals surface area contributed by atoms with E-state index in [-0.39, 0.29) is 43.6 Å². The minimum atomic E-state index is -1.21. The molecule has 0 aromatic carbocycles. The quantitative estimate of drug-likeness (QED) is 0.0686. The number of guanidine groups is 1. The standard InChI is InChI=1S/C24H43N9O5/c1-13(2)8-18(32-20(34)16(25)10-15-11-28-12-30-15)22(36)33-19(9-14(3)4)21(35)31-17(23(37)38)6-5-7-29-24(26)27/h11-14,16-19H,5-10,25H2,1-4H3,(H,28,30)(H,31,35)(H,32,34)(H,33,36)(H,37,38)(H4,26,27,29). The summed E-state index contributed by atoms with van der Waals surface area (Å²) in [6.45, 7) is 7.76. The SMILES string of the molecule is CC(C)CC(NC(=O)C(N)Cc1cnc[nH]1)C(=O)NC(CC(C)C)C(=O)NC(CCCN=C(N)N)C(=O)O. The summed E-state index contributed by atoms with van der Waals surface area (Å²) in [6.07, 6.45) is 4.25. The predicted molar refractivity (Wildman–Crippen MR) is 143 cm³/mol. The van der Waals surface area contributed by atoms with Crippen LogP contribution in [-0.2, 0) is 25.6 Å². The lowest BCUT2D eigenvalue weighted by Gasteiger charge is -2.26. The number of imidazole rings is 1. The molecule has 214 valence electrons. The minimum Gasteiger partial charge on any atom is -0.480 e. The number of carboxylic acid groups (broad SMARTS) is 1. The van der Waals surface area contributed by atoms with Crippen LogP contribution in [0, 0.1) is 11.8 Å². The number of carbonyl (C=O) groups excluding carboxylic acids is 3. The van der Waals surface area contributed by atoms with Crippen molar-refractivity contribution in [1.82, 2.24) is 25.9 Å². The summed E-state index contributed by atoms with van der Waals surface area (Å²) in [5.74, 6) is -2.96. The molecule has 0 aliphatic heterocycles. The average Bonchev–Trinajstić information content (AvgIpc) is 3.31. The Bertz CT molecular complexity index is 930. The zero-order valence-corrected chi connectivity index (χ0v) is 22.6. The van der Waals surface area contributed by atoms with Crippen LogP contribution in [0.2, 0.25) is 0 Å². The van der Waals surface area contributed by atoms with Crippen LogP contribution in [0.5, 0.6) is 0 Å². The molecule has 0 bridgehead atoms. The van der Waals surface area contributed by atoms with Crippen LogP contribution in [0.4, 0.5) is 0 Å². The molecule has 4 atom stereocenters. The van der Waals surface area contributed by atoms with Gasteiger partial charge in [0, 0.05) is 24.9 Å². The number of nitrogens with zero attached hydrogens (tertiary/aromatic N) is 2. The number of aromatic nitrogens is 2. The number of nitrogens with one attached hydrogen (secondary N) is 4. The number of hydrogen-bond donors (Lipinski definition) is 8. The third kappa shape index (κ3) is 12.5. The zero-order valence-electron chi connectivity index (χ0n) is 22.6. The van der Waals surface area contributed by atoms with Gasteiger partial charge >= 0.3 is 5.97 Å². The Kier molecular flexibility index (Phi) is 13.8. The second-order valence-corrected chi connectivity index (χ2v) is 10.1. The number of carbonyl (C=O) groups is 4. The lowest BCUT2D eigenvalue weighted by Crippen LogP contribution is -2.57. The highest BCUT2D eigenvalue weighted by Crippen LogP contribution is 2.10. The van der Waals surface area contributed by atoms with Crippen molar-refractivity contribution in [3.05, 3.63) is 18.2 Å². The van der Waals surface area contributed by atoms with Crippen molar-refractivity contribution in [2.24, 2.45) is 34.0 Å². The fourth-order valence-electron chi connectivity index (χ4n) is 3.72. The number of H-pyrrole nitrogens is 1. The van der Waals surface area contributed by atoms with Gasteiger partial charge in [-0.05, 0) is 37.5 Å². The molecule has 0 radical (unpaired) electrons. The van der Waals surface area contributed by atoms with Crippen LogP contribution >= 0.6 is 0 Å². The minimum absolute atomic E-state index is 0.0113. The van der Waals surface area contributed by atoms with E-state index in [9.17, 15) is 24.3 Å². The number of aliphatic imine (C=N–C) groups is 1. The van der Waals surface area contributed by atoms with Gasteiger partial charge in [0.15, 0.2) is 5.96 Å². The monoisotopic (exact) mass is 537 g/mol. The fourth-order valence-corrected chi connectivity index (χ4v) is 3.72. The molecule has 3 amide bonds. The van der Waals surface area contributed by atoms with E-state index < -0.39 is 47.9 Å². The normalized spacial score (nSPS) is 14.3. The van der Waals surface area contributed by atoms with Gasteiger partial charge in [0.25, 0.3) is 0 Å². The summed E-state index contributed by atoms with van der Waals surface area (Å²) in [4.78, 5) is 61.3. The van der Waals surface area contributed by atoms with Crippen LogP contribution in [0.1, 0.15) is 59.1 Å². The molecule has 1 rings (SSSR count). The molecule has 1 aromatic heterocycles. The second-order valence-electron chi connectivity index (χ2n) is 10.1. The molecule has 14 heteroatoms. The predicted octanol–water partition coefficient (Wildman–Crippen LogP) is -1.04. The van der Waals surface area contributed by atoms with Crippen molar-refractivity contribution in [3.63, 3.8) is 0 Å². The van der Waals surface area contributed by atoms with E-state index >= 15 is 0 Å². The van der Waals surface area contributed by atoms with Crippen molar-refractivity contribution in [1.29, 1.82) is 0 Å². The number of aromatic amines is 1. The van der Waals surface area contributed by atoms with E-state index in [1.807, 2.05) is 27.7 Å². The number of rotatable bonds is 17. The van der Waals surface area contributed by atoms with E-state index in [1.54, 1.807) is 6.20 Å². The van der Waals surface area contributed by atoms with E-state index in [2.05, 4.69) is 30.9 Å². The lowest BCUT2D eigenvalue weighted by molar-refractivity contribution is -0.142. The molecular weight excluding hydrogens is 494 g/mol. The topological polar surface area (TPSA) is 244 Å². The van der Waals surface area contributed by atoms with Gasteiger partial charge in [-0.1, -0.05) is 27.7 Å². The Morgan fingerprint density at radius 2 is 1.47 bits per heavy atom. The average molecular weight is 538 g/mol. The number of nitrogens with two attached hydrogens (primary N) is 3. The first kappa shape index (κ1) is 32.3.